The Morgan fingerprint density at radius 1 is 1.29 bits per heavy atom. The van der Waals surface area contributed by atoms with Gasteiger partial charge in [0, 0.05) is 0 Å². The van der Waals surface area contributed by atoms with E-state index in [2.05, 4.69) is 0 Å². The van der Waals surface area contributed by atoms with E-state index in [0.29, 0.717) is 0 Å². The van der Waals surface area contributed by atoms with Crippen molar-refractivity contribution in [1.29, 1.82) is 0 Å². The van der Waals surface area contributed by atoms with Gasteiger partial charge in [-0.05, 0) is 20.8 Å². The summed E-state index contributed by atoms with van der Waals surface area (Å²) in [6, 6.07) is 0. The molecule has 0 amide bonds. The molecule has 1 N–H and O–H groups in total. The summed E-state index contributed by atoms with van der Waals surface area (Å²) in [6.07, 6.45) is -0.889. The number of hydrogen-bond acceptors (Lipinski definition) is 4. The van der Waals surface area contributed by atoms with Crippen LogP contribution in [0.5, 0.6) is 0 Å². The van der Waals surface area contributed by atoms with Crippen molar-refractivity contribution in [2.24, 2.45) is 0 Å². The van der Waals surface area contributed by atoms with Gasteiger partial charge < -0.3 is 18.8 Å². The molecule has 0 aromatic carbocycles. The highest BCUT2D eigenvalue weighted by atomic mass is 32.2. The molecule has 6 heteroatoms. The van der Waals surface area contributed by atoms with Crippen LogP contribution in [-0.4, -0.2) is 38.3 Å². The van der Waals surface area contributed by atoms with Crippen LogP contribution in [0.15, 0.2) is 0 Å². The van der Waals surface area contributed by atoms with E-state index in [-0.39, 0.29) is 12.2 Å². The molecule has 2 aliphatic heterocycles. The highest BCUT2D eigenvalue weighted by Crippen LogP contribution is 2.39. The van der Waals surface area contributed by atoms with Crippen molar-refractivity contribution in [3.05, 3.63) is 0 Å². The fourth-order valence-corrected chi connectivity index (χ4v) is 2.63. The molecule has 2 aliphatic rings. The van der Waals surface area contributed by atoms with Gasteiger partial charge in [0.05, 0.1) is 6.10 Å². The van der Waals surface area contributed by atoms with Gasteiger partial charge in [-0.15, -0.1) is 0 Å². The maximum absolute atomic E-state index is 11.0. The molecule has 82 valence electrons. The van der Waals surface area contributed by atoms with Gasteiger partial charge in [-0.1, -0.05) is 0 Å². The SMILES string of the molecule is C[C@H]1OC(S(=O)O)[C@@H]2OC(C)(C)O[C@H]12. The minimum Gasteiger partial charge on any atom is -0.354 e. The Hall–Kier alpha value is -0.0100. The monoisotopic (exact) mass is 222 g/mol. The molecule has 0 radical (unpaired) electrons. The first kappa shape index (κ1) is 10.5. The third kappa shape index (κ3) is 1.61. The highest BCUT2D eigenvalue weighted by molar-refractivity contribution is 7.79. The average molecular weight is 222 g/mol. The van der Waals surface area contributed by atoms with Gasteiger partial charge in [0.15, 0.2) is 22.3 Å². The lowest BCUT2D eigenvalue weighted by Gasteiger charge is -2.21. The molecule has 2 saturated heterocycles. The molecule has 2 rings (SSSR count). The summed E-state index contributed by atoms with van der Waals surface area (Å²) in [5.41, 5.74) is -0.795. The van der Waals surface area contributed by atoms with Gasteiger partial charge in [0.2, 0.25) is 0 Å². The summed E-state index contributed by atoms with van der Waals surface area (Å²) in [6.45, 7) is 5.39. The van der Waals surface area contributed by atoms with E-state index in [9.17, 15) is 4.21 Å². The second-order valence-electron chi connectivity index (χ2n) is 4.05. The van der Waals surface area contributed by atoms with Crippen LogP contribution in [0.4, 0.5) is 0 Å². The minimum atomic E-state index is -2.03. The molecule has 0 bridgehead atoms. The number of rotatable bonds is 1. The molecule has 2 heterocycles. The quantitative estimate of drug-likeness (QED) is 0.653. The highest BCUT2D eigenvalue weighted by Gasteiger charge is 2.55. The Morgan fingerprint density at radius 2 is 1.86 bits per heavy atom. The average Bonchev–Trinajstić information content (AvgIpc) is 2.47. The largest absolute Gasteiger partial charge is 0.354 e. The summed E-state index contributed by atoms with van der Waals surface area (Å²) >= 11 is -2.03. The Kier molecular flexibility index (Phi) is 2.43. The zero-order valence-electron chi connectivity index (χ0n) is 8.30. The molecule has 2 unspecified atom stereocenters. The van der Waals surface area contributed by atoms with Gasteiger partial charge >= 0.3 is 0 Å². The standard InChI is InChI=1S/C8H14O5S/c1-4-5-6(7(11-4)14(9)10)13-8(2,3)12-5/h4-7H,1-3H3,(H,9,10)/t4-,5-,6-,7?/m1/s1. The van der Waals surface area contributed by atoms with E-state index in [1.165, 1.54) is 0 Å². The first-order valence-corrected chi connectivity index (χ1v) is 5.68. The first-order valence-electron chi connectivity index (χ1n) is 4.51. The Bertz CT molecular complexity index is 266. The molecular weight excluding hydrogens is 208 g/mol. The summed E-state index contributed by atoms with van der Waals surface area (Å²) in [5, 5.41) is 0. The van der Waals surface area contributed by atoms with Crippen LogP contribution in [0.3, 0.4) is 0 Å². The number of fused-ring (bicyclic) bond motifs is 1. The second-order valence-corrected chi connectivity index (χ2v) is 5.07. The second kappa shape index (κ2) is 3.24. The van der Waals surface area contributed by atoms with E-state index >= 15 is 0 Å². The fraction of sp³-hybridized carbons (Fsp3) is 1.00. The molecule has 0 saturated carbocycles. The maximum atomic E-state index is 11.0. The van der Waals surface area contributed by atoms with E-state index in [0.717, 1.165) is 0 Å². The Balaban J connectivity index is 2.19. The molecule has 0 aromatic heterocycles. The minimum absolute atomic E-state index is 0.206. The smallest absolute Gasteiger partial charge is 0.187 e. The van der Waals surface area contributed by atoms with Crippen LogP contribution in [0.2, 0.25) is 0 Å². The van der Waals surface area contributed by atoms with Crippen molar-refractivity contribution in [1.82, 2.24) is 0 Å². The van der Waals surface area contributed by atoms with Crippen molar-refractivity contribution < 1.29 is 23.0 Å². The van der Waals surface area contributed by atoms with E-state index < -0.39 is 28.4 Å². The molecule has 5 atom stereocenters. The van der Waals surface area contributed by atoms with Crippen molar-refractivity contribution >= 4 is 11.1 Å². The van der Waals surface area contributed by atoms with E-state index in [4.69, 9.17) is 18.8 Å². The molecule has 5 nitrogen and oxygen atoms in total. The van der Waals surface area contributed by atoms with Gasteiger partial charge in [0.1, 0.15) is 12.2 Å². The maximum Gasteiger partial charge on any atom is 0.187 e. The van der Waals surface area contributed by atoms with Crippen LogP contribution < -0.4 is 0 Å². The van der Waals surface area contributed by atoms with E-state index in [1.807, 2.05) is 6.92 Å². The van der Waals surface area contributed by atoms with Crippen LogP contribution in [0.25, 0.3) is 0 Å². The molecular formula is C8H14O5S. The van der Waals surface area contributed by atoms with Crippen LogP contribution in [0, 0.1) is 0 Å². The van der Waals surface area contributed by atoms with Crippen molar-refractivity contribution in [3.8, 4) is 0 Å². The third-order valence-corrected chi connectivity index (χ3v) is 3.22. The molecule has 0 aliphatic carbocycles. The lowest BCUT2D eigenvalue weighted by Crippen LogP contribution is -2.32. The lowest BCUT2D eigenvalue weighted by atomic mass is 10.2. The Morgan fingerprint density at radius 3 is 2.43 bits per heavy atom. The summed E-state index contributed by atoms with van der Waals surface area (Å²) < 4.78 is 36.3. The van der Waals surface area contributed by atoms with Crippen molar-refractivity contribution in [3.63, 3.8) is 0 Å². The van der Waals surface area contributed by atoms with Crippen molar-refractivity contribution in [2.75, 3.05) is 0 Å². The summed E-state index contributed by atoms with van der Waals surface area (Å²) in [7, 11) is 0. The Labute approximate surface area is 85.0 Å². The van der Waals surface area contributed by atoms with Crippen LogP contribution in [0.1, 0.15) is 20.8 Å². The lowest BCUT2D eigenvalue weighted by molar-refractivity contribution is -0.177. The first-order chi connectivity index (χ1) is 6.41. The molecule has 0 aromatic rings. The topological polar surface area (TPSA) is 65.0 Å². The summed E-state index contributed by atoms with van der Waals surface area (Å²) in [4.78, 5) is 0. The van der Waals surface area contributed by atoms with Gasteiger partial charge in [0.25, 0.3) is 0 Å². The predicted molar refractivity (Wildman–Crippen MR) is 48.9 cm³/mol. The predicted octanol–water partition coefficient (Wildman–Crippen LogP) is 0.473. The van der Waals surface area contributed by atoms with Crippen molar-refractivity contribution in [2.45, 2.75) is 50.3 Å². The van der Waals surface area contributed by atoms with E-state index in [1.54, 1.807) is 13.8 Å². The molecule has 14 heavy (non-hydrogen) atoms. The third-order valence-electron chi connectivity index (χ3n) is 2.44. The van der Waals surface area contributed by atoms with Gasteiger partial charge in [-0.2, -0.15) is 0 Å². The zero-order valence-corrected chi connectivity index (χ0v) is 9.11. The molecule has 2 fully saturated rings. The molecule has 0 spiro atoms. The van der Waals surface area contributed by atoms with Gasteiger partial charge in [-0.3, -0.25) is 0 Å². The van der Waals surface area contributed by atoms with Gasteiger partial charge in [-0.25, -0.2) is 4.21 Å². The fourth-order valence-electron chi connectivity index (χ4n) is 1.92. The number of ether oxygens (including phenoxy) is 3. The summed E-state index contributed by atoms with van der Waals surface area (Å²) in [5.74, 6) is -0.689. The van der Waals surface area contributed by atoms with Crippen LogP contribution >= 0.6 is 0 Å². The number of hydrogen-bond donors (Lipinski definition) is 1. The zero-order chi connectivity index (χ0) is 10.5. The normalized spacial score (nSPS) is 47.7. The van der Waals surface area contributed by atoms with Crippen LogP contribution in [-0.2, 0) is 25.3 Å².